The highest BCUT2D eigenvalue weighted by atomic mass is 35.5. The monoisotopic (exact) mass is 310 g/mol. The van der Waals surface area contributed by atoms with Gasteiger partial charge in [0.1, 0.15) is 0 Å². The van der Waals surface area contributed by atoms with E-state index in [1.54, 1.807) is 4.90 Å². The van der Waals surface area contributed by atoms with Crippen LogP contribution in [0.5, 0.6) is 0 Å². The van der Waals surface area contributed by atoms with Crippen molar-refractivity contribution < 1.29 is 14.7 Å². The lowest BCUT2D eigenvalue weighted by atomic mass is 9.89. The first-order chi connectivity index (χ1) is 9.88. The summed E-state index contributed by atoms with van der Waals surface area (Å²) in [5.74, 6) is 0.000822. The zero-order chi connectivity index (χ0) is 15.6. The third-order valence-electron chi connectivity index (χ3n) is 4.08. The van der Waals surface area contributed by atoms with E-state index < -0.39 is 5.97 Å². The second-order valence-electron chi connectivity index (χ2n) is 5.62. The highest BCUT2D eigenvalue weighted by molar-refractivity contribution is 6.33. The molecule has 1 aliphatic heterocycles. The van der Waals surface area contributed by atoms with Crippen LogP contribution in [0.25, 0.3) is 0 Å². The number of carbonyl (C=O) groups excluding carboxylic acids is 1. The van der Waals surface area contributed by atoms with Crippen molar-refractivity contribution in [3.05, 3.63) is 28.8 Å². The van der Waals surface area contributed by atoms with Crippen LogP contribution in [0.1, 0.15) is 30.6 Å². The number of nitrogens with zero attached hydrogens (tertiary/aromatic N) is 1. The second-order valence-corrected chi connectivity index (χ2v) is 6.03. The lowest BCUT2D eigenvalue weighted by Gasteiger charge is -2.35. The van der Waals surface area contributed by atoms with E-state index in [2.05, 4.69) is 19.2 Å². The number of carboxylic acid groups (broad SMARTS) is 1. The molecule has 114 valence electrons. The number of amides is 2. The fourth-order valence-corrected chi connectivity index (χ4v) is 2.56. The van der Waals surface area contributed by atoms with Gasteiger partial charge in [-0.15, -0.1) is 0 Å². The molecule has 21 heavy (non-hydrogen) atoms. The van der Waals surface area contributed by atoms with Crippen molar-refractivity contribution >= 4 is 29.3 Å². The largest absolute Gasteiger partial charge is 0.478 e. The number of hydrogen-bond donors (Lipinski definition) is 2. The van der Waals surface area contributed by atoms with Crippen LogP contribution in [0.4, 0.5) is 10.5 Å². The molecular weight excluding hydrogens is 292 g/mol. The van der Waals surface area contributed by atoms with E-state index >= 15 is 0 Å². The summed E-state index contributed by atoms with van der Waals surface area (Å²) in [6.45, 7) is 5.71. The molecule has 2 rings (SSSR count). The number of nitrogens with one attached hydrogen (secondary N) is 1. The first-order valence-corrected chi connectivity index (χ1v) is 7.35. The number of aromatic carboxylic acids is 1. The predicted molar refractivity (Wildman–Crippen MR) is 81.9 cm³/mol. The van der Waals surface area contributed by atoms with E-state index in [4.69, 9.17) is 16.7 Å². The topological polar surface area (TPSA) is 69.6 Å². The van der Waals surface area contributed by atoms with Crippen LogP contribution in [-0.4, -0.2) is 35.1 Å². The number of carbonyl (C=O) groups is 2. The Morgan fingerprint density at radius 2 is 2.05 bits per heavy atom. The van der Waals surface area contributed by atoms with E-state index in [1.807, 2.05) is 0 Å². The molecule has 0 radical (unpaired) electrons. The summed E-state index contributed by atoms with van der Waals surface area (Å²) in [7, 11) is 0. The van der Waals surface area contributed by atoms with E-state index in [9.17, 15) is 9.59 Å². The van der Waals surface area contributed by atoms with E-state index in [1.165, 1.54) is 18.2 Å². The Morgan fingerprint density at radius 1 is 1.33 bits per heavy atom. The molecule has 0 spiro atoms. The number of halogens is 1. The van der Waals surface area contributed by atoms with Crippen molar-refractivity contribution in [3.8, 4) is 0 Å². The maximum absolute atomic E-state index is 12.3. The molecule has 1 fully saturated rings. The normalized spacial score (nSPS) is 22.0. The SMILES string of the molecule is CC1CCN(C(=O)Nc2cc(C(=O)O)ccc2Cl)CC1C. The minimum absolute atomic E-state index is 0.0929. The first kappa shape index (κ1) is 15.6. The minimum Gasteiger partial charge on any atom is -0.478 e. The summed E-state index contributed by atoms with van der Waals surface area (Å²) in [5.41, 5.74) is 0.420. The first-order valence-electron chi connectivity index (χ1n) is 6.97. The highest BCUT2D eigenvalue weighted by Gasteiger charge is 2.26. The van der Waals surface area contributed by atoms with Crippen LogP contribution < -0.4 is 5.32 Å². The van der Waals surface area contributed by atoms with Gasteiger partial charge in [0.25, 0.3) is 0 Å². The van der Waals surface area contributed by atoms with Crippen LogP contribution >= 0.6 is 11.6 Å². The van der Waals surface area contributed by atoms with Gasteiger partial charge >= 0.3 is 12.0 Å². The number of anilines is 1. The molecule has 2 N–H and O–H groups in total. The number of likely N-dealkylation sites (tertiary alicyclic amines) is 1. The predicted octanol–water partition coefficient (Wildman–Crippen LogP) is 3.55. The number of carboxylic acids is 1. The van der Waals surface area contributed by atoms with Crippen LogP contribution in [-0.2, 0) is 0 Å². The Hall–Kier alpha value is -1.75. The Balaban J connectivity index is 2.09. The highest BCUT2D eigenvalue weighted by Crippen LogP contribution is 2.26. The molecule has 0 saturated carbocycles. The Bertz CT molecular complexity index is 562. The zero-order valence-corrected chi connectivity index (χ0v) is 12.9. The summed E-state index contributed by atoms with van der Waals surface area (Å²) < 4.78 is 0. The van der Waals surface area contributed by atoms with Crippen LogP contribution in [0, 0.1) is 11.8 Å². The zero-order valence-electron chi connectivity index (χ0n) is 12.1. The van der Waals surface area contributed by atoms with Gasteiger partial charge < -0.3 is 15.3 Å². The fourth-order valence-electron chi connectivity index (χ4n) is 2.40. The third-order valence-corrected chi connectivity index (χ3v) is 4.41. The molecule has 1 saturated heterocycles. The fraction of sp³-hybridized carbons (Fsp3) is 0.467. The molecule has 0 aliphatic carbocycles. The quantitative estimate of drug-likeness (QED) is 0.877. The van der Waals surface area contributed by atoms with Gasteiger partial charge in [-0.25, -0.2) is 9.59 Å². The maximum Gasteiger partial charge on any atom is 0.335 e. The molecule has 6 heteroatoms. The van der Waals surface area contributed by atoms with Crippen LogP contribution in [0.2, 0.25) is 5.02 Å². The van der Waals surface area contributed by atoms with Crippen LogP contribution in [0.3, 0.4) is 0 Å². The molecule has 5 nitrogen and oxygen atoms in total. The van der Waals surface area contributed by atoms with Gasteiger partial charge in [-0.3, -0.25) is 0 Å². The molecule has 0 aromatic heterocycles. The molecular formula is C15H19ClN2O3. The van der Waals surface area contributed by atoms with Gasteiger partial charge in [0, 0.05) is 13.1 Å². The molecule has 2 atom stereocenters. The molecule has 0 bridgehead atoms. The number of urea groups is 1. The molecule has 1 aromatic rings. The van der Waals surface area contributed by atoms with Gasteiger partial charge in [0.2, 0.25) is 0 Å². The Kier molecular flexibility index (Phi) is 4.73. The minimum atomic E-state index is -1.05. The van der Waals surface area contributed by atoms with Crippen molar-refractivity contribution in [2.45, 2.75) is 20.3 Å². The Labute approximate surface area is 128 Å². The summed E-state index contributed by atoms with van der Waals surface area (Å²) in [6.07, 6.45) is 0.970. The van der Waals surface area contributed by atoms with E-state index in [-0.39, 0.29) is 11.6 Å². The third kappa shape index (κ3) is 3.67. The summed E-state index contributed by atoms with van der Waals surface area (Å²) in [4.78, 5) is 25.0. The molecule has 2 amide bonds. The lowest BCUT2D eigenvalue weighted by Crippen LogP contribution is -2.44. The summed E-state index contributed by atoms with van der Waals surface area (Å²) in [5, 5.41) is 12.0. The number of rotatable bonds is 2. The number of hydrogen-bond acceptors (Lipinski definition) is 2. The standard InChI is InChI=1S/C15H19ClN2O3/c1-9-5-6-18(8-10(9)2)15(21)17-13-7-11(14(19)20)3-4-12(13)16/h3-4,7,9-10H,5-6,8H2,1-2H3,(H,17,21)(H,19,20). The van der Waals surface area contributed by atoms with Crippen molar-refractivity contribution in [1.29, 1.82) is 0 Å². The lowest BCUT2D eigenvalue weighted by molar-refractivity contribution is 0.0697. The van der Waals surface area contributed by atoms with Crippen molar-refractivity contribution in [2.24, 2.45) is 11.8 Å². The maximum atomic E-state index is 12.3. The molecule has 1 aliphatic rings. The average Bonchev–Trinajstić information content (AvgIpc) is 2.43. The van der Waals surface area contributed by atoms with Crippen molar-refractivity contribution in [3.63, 3.8) is 0 Å². The van der Waals surface area contributed by atoms with Gasteiger partial charge in [0.05, 0.1) is 16.3 Å². The summed E-state index contributed by atoms with van der Waals surface area (Å²) >= 11 is 6.01. The van der Waals surface area contributed by atoms with E-state index in [0.29, 0.717) is 35.6 Å². The van der Waals surface area contributed by atoms with Gasteiger partial charge in [-0.1, -0.05) is 25.4 Å². The van der Waals surface area contributed by atoms with Gasteiger partial charge in [-0.05, 0) is 36.5 Å². The van der Waals surface area contributed by atoms with Gasteiger partial charge in [0.15, 0.2) is 0 Å². The van der Waals surface area contributed by atoms with Crippen LogP contribution in [0.15, 0.2) is 18.2 Å². The summed E-state index contributed by atoms with van der Waals surface area (Å²) in [6, 6.07) is 4.02. The molecule has 1 heterocycles. The van der Waals surface area contributed by atoms with Crippen molar-refractivity contribution in [2.75, 3.05) is 18.4 Å². The second kappa shape index (κ2) is 6.35. The van der Waals surface area contributed by atoms with Gasteiger partial charge in [-0.2, -0.15) is 0 Å². The number of benzene rings is 1. The van der Waals surface area contributed by atoms with E-state index in [0.717, 1.165) is 6.42 Å². The average molecular weight is 311 g/mol. The Morgan fingerprint density at radius 3 is 2.67 bits per heavy atom. The molecule has 1 aromatic carbocycles. The molecule has 2 unspecified atom stereocenters. The van der Waals surface area contributed by atoms with Crippen molar-refractivity contribution in [1.82, 2.24) is 4.90 Å². The smallest absolute Gasteiger partial charge is 0.335 e. The number of piperidine rings is 1.